The van der Waals surface area contributed by atoms with Crippen LogP contribution in [0.4, 0.5) is 5.82 Å². The Morgan fingerprint density at radius 1 is 1.62 bits per heavy atom. The molecule has 68 valence electrons. The van der Waals surface area contributed by atoms with Gasteiger partial charge < -0.3 is 5.32 Å². The summed E-state index contributed by atoms with van der Waals surface area (Å²) in [4.78, 5) is 7.79. The number of nitrogens with one attached hydrogen (secondary N) is 1. The Morgan fingerprint density at radius 2 is 2.38 bits per heavy atom. The molecule has 0 unspecified atom stereocenters. The highest BCUT2D eigenvalue weighted by molar-refractivity contribution is 9.10. The summed E-state index contributed by atoms with van der Waals surface area (Å²) in [5, 5.41) is 3.39. The van der Waals surface area contributed by atoms with Crippen molar-refractivity contribution in [3.63, 3.8) is 0 Å². The first-order valence-corrected chi connectivity index (χ1v) is 4.72. The summed E-state index contributed by atoms with van der Waals surface area (Å²) in [6, 6.07) is 0. The van der Waals surface area contributed by atoms with Gasteiger partial charge in [0.2, 0.25) is 0 Å². The standard InChI is InChI=1S/C8H7BrClN3/c1-2-3-4-11-8-6(9)7(10)12-5-13-8/h5H,4H2,1H3,(H,11,12,13). The van der Waals surface area contributed by atoms with E-state index in [1.807, 2.05) is 0 Å². The van der Waals surface area contributed by atoms with Crippen molar-refractivity contribution in [1.29, 1.82) is 0 Å². The van der Waals surface area contributed by atoms with Crippen LogP contribution in [0.3, 0.4) is 0 Å². The van der Waals surface area contributed by atoms with Gasteiger partial charge in [-0.2, -0.15) is 0 Å². The van der Waals surface area contributed by atoms with Crippen LogP contribution in [0.25, 0.3) is 0 Å². The van der Waals surface area contributed by atoms with E-state index in [4.69, 9.17) is 11.6 Å². The van der Waals surface area contributed by atoms with Gasteiger partial charge in [0, 0.05) is 0 Å². The van der Waals surface area contributed by atoms with Crippen LogP contribution in [0, 0.1) is 11.8 Å². The summed E-state index contributed by atoms with van der Waals surface area (Å²) in [5.74, 6) is 6.28. The minimum atomic E-state index is 0.391. The van der Waals surface area contributed by atoms with Crippen molar-refractivity contribution in [2.24, 2.45) is 0 Å². The predicted molar refractivity (Wildman–Crippen MR) is 56.7 cm³/mol. The summed E-state index contributed by atoms with van der Waals surface area (Å²) in [7, 11) is 0. The number of hydrogen-bond donors (Lipinski definition) is 1. The molecule has 0 aromatic carbocycles. The number of rotatable bonds is 2. The van der Waals surface area contributed by atoms with Crippen molar-refractivity contribution < 1.29 is 0 Å². The molecule has 3 nitrogen and oxygen atoms in total. The molecule has 0 saturated heterocycles. The van der Waals surface area contributed by atoms with Gasteiger partial charge in [0.1, 0.15) is 17.3 Å². The van der Waals surface area contributed by atoms with Gasteiger partial charge in [-0.3, -0.25) is 0 Å². The van der Waals surface area contributed by atoms with E-state index in [-0.39, 0.29) is 0 Å². The van der Waals surface area contributed by atoms with Crippen LogP contribution >= 0.6 is 27.5 Å². The predicted octanol–water partition coefficient (Wildman–Crippen LogP) is 2.33. The topological polar surface area (TPSA) is 37.8 Å². The van der Waals surface area contributed by atoms with E-state index in [1.165, 1.54) is 6.33 Å². The van der Waals surface area contributed by atoms with Crippen molar-refractivity contribution >= 4 is 33.3 Å². The van der Waals surface area contributed by atoms with E-state index in [0.717, 1.165) is 0 Å². The van der Waals surface area contributed by atoms with Gasteiger partial charge in [-0.15, -0.1) is 5.92 Å². The molecule has 0 spiro atoms. The van der Waals surface area contributed by atoms with Crippen molar-refractivity contribution in [1.82, 2.24) is 9.97 Å². The van der Waals surface area contributed by atoms with E-state index in [9.17, 15) is 0 Å². The van der Waals surface area contributed by atoms with E-state index in [0.29, 0.717) is 22.0 Å². The molecule has 1 rings (SSSR count). The smallest absolute Gasteiger partial charge is 0.148 e. The highest BCUT2D eigenvalue weighted by atomic mass is 79.9. The van der Waals surface area contributed by atoms with Gasteiger partial charge in [-0.1, -0.05) is 17.5 Å². The van der Waals surface area contributed by atoms with Crippen LogP contribution in [0.1, 0.15) is 6.92 Å². The second-order valence-electron chi connectivity index (χ2n) is 2.11. The van der Waals surface area contributed by atoms with Crippen molar-refractivity contribution in [3.8, 4) is 11.8 Å². The molecule has 0 aliphatic rings. The maximum atomic E-state index is 5.75. The van der Waals surface area contributed by atoms with E-state index in [2.05, 4.69) is 43.1 Å². The van der Waals surface area contributed by atoms with Crippen LogP contribution in [0.5, 0.6) is 0 Å². The Labute approximate surface area is 90.1 Å². The molecule has 5 heteroatoms. The molecule has 1 heterocycles. The minimum Gasteiger partial charge on any atom is -0.358 e. The number of anilines is 1. The zero-order valence-corrected chi connectivity index (χ0v) is 9.28. The Balaban J connectivity index is 2.75. The van der Waals surface area contributed by atoms with Gasteiger partial charge in [-0.05, 0) is 22.9 Å². The Hall–Kier alpha value is -0.790. The first kappa shape index (κ1) is 10.3. The third kappa shape index (κ3) is 2.87. The molecular weight excluding hydrogens is 253 g/mol. The third-order valence-corrected chi connectivity index (χ3v) is 2.53. The Kier molecular flexibility index (Phi) is 4.00. The first-order valence-electron chi connectivity index (χ1n) is 3.55. The average Bonchev–Trinajstić information content (AvgIpc) is 2.13. The molecule has 1 N–H and O–H groups in total. The normalized spacial score (nSPS) is 8.85. The average molecular weight is 261 g/mol. The summed E-state index contributed by atoms with van der Waals surface area (Å²) in [6.07, 6.45) is 1.40. The number of nitrogens with zero attached hydrogens (tertiary/aromatic N) is 2. The van der Waals surface area contributed by atoms with E-state index in [1.54, 1.807) is 6.92 Å². The van der Waals surface area contributed by atoms with Gasteiger partial charge in [-0.25, -0.2) is 9.97 Å². The molecule has 13 heavy (non-hydrogen) atoms. The number of aromatic nitrogens is 2. The minimum absolute atomic E-state index is 0.391. The summed E-state index contributed by atoms with van der Waals surface area (Å²) < 4.78 is 0.662. The second-order valence-corrected chi connectivity index (χ2v) is 3.26. The highest BCUT2D eigenvalue weighted by Gasteiger charge is 2.04. The van der Waals surface area contributed by atoms with Gasteiger partial charge >= 0.3 is 0 Å². The maximum absolute atomic E-state index is 5.75. The molecule has 0 radical (unpaired) electrons. The summed E-state index contributed by atoms with van der Waals surface area (Å²) >= 11 is 9.02. The maximum Gasteiger partial charge on any atom is 0.148 e. The first-order chi connectivity index (χ1) is 6.25. The summed E-state index contributed by atoms with van der Waals surface area (Å²) in [6.45, 7) is 2.33. The second kappa shape index (κ2) is 5.05. The molecule has 0 aliphatic heterocycles. The van der Waals surface area contributed by atoms with Crippen LogP contribution in [0.15, 0.2) is 10.8 Å². The van der Waals surface area contributed by atoms with E-state index >= 15 is 0 Å². The fourth-order valence-corrected chi connectivity index (χ4v) is 1.17. The van der Waals surface area contributed by atoms with Gasteiger partial charge in [0.05, 0.1) is 11.0 Å². The van der Waals surface area contributed by atoms with Gasteiger partial charge in [0.15, 0.2) is 0 Å². The molecule has 0 amide bonds. The quantitative estimate of drug-likeness (QED) is 0.655. The lowest BCUT2D eigenvalue weighted by Gasteiger charge is -2.03. The van der Waals surface area contributed by atoms with Crippen LogP contribution < -0.4 is 5.32 Å². The highest BCUT2D eigenvalue weighted by Crippen LogP contribution is 2.25. The molecular formula is C8H7BrClN3. The van der Waals surface area contributed by atoms with Gasteiger partial charge in [0.25, 0.3) is 0 Å². The van der Waals surface area contributed by atoms with Crippen molar-refractivity contribution in [2.45, 2.75) is 6.92 Å². The van der Waals surface area contributed by atoms with E-state index < -0.39 is 0 Å². The van der Waals surface area contributed by atoms with Crippen molar-refractivity contribution in [3.05, 3.63) is 16.0 Å². The van der Waals surface area contributed by atoms with Crippen LogP contribution in [-0.4, -0.2) is 16.5 Å². The number of hydrogen-bond acceptors (Lipinski definition) is 3. The molecule has 1 aromatic heterocycles. The number of halogens is 2. The third-order valence-electron chi connectivity index (χ3n) is 1.27. The lowest BCUT2D eigenvalue weighted by atomic mass is 10.5. The molecule has 1 aromatic rings. The van der Waals surface area contributed by atoms with Crippen LogP contribution in [0.2, 0.25) is 5.15 Å². The Bertz CT molecular complexity index is 356. The zero-order valence-electron chi connectivity index (χ0n) is 6.93. The lowest BCUT2D eigenvalue weighted by molar-refractivity contribution is 1.13. The molecule has 0 fully saturated rings. The zero-order chi connectivity index (χ0) is 9.68. The summed E-state index contributed by atoms with van der Waals surface area (Å²) in [5.41, 5.74) is 0. The van der Waals surface area contributed by atoms with Crippen molar-refractivity contribution in [2.75, 3.05) is 11.9 Å². The monoisotopic (exact) mass is 259 g/mol. The largest absolute Gasteiger partial charge is 0.358 e. The fraction of sp³-hybridized carbons (Fsp3) is 0.250. The molecule has 0 atom stereocenters. The van der Waals surface area contributed by atoms with Crippen LogP contribution in [-0.2, 0) is 0 Å². The molecule has 0 bridgehead atoms. The Morgan fingerprint density at radius 3 is 3.08 bits per heavy atom. The fourth-order valence-electron chi connectivity index (χ4n) is 0.688. The molecule has 0 aliphatic carbocycles. The SMILES string of the molecule is CC#CCNc1ncnc(Cl)c1Br. The molecule has 0 saturated carbocycles. The lowest BCUT2D eigenvalue weighted by Crippen LogP contribution is -2.02.